The Balaban J connectivity index is 2.13. The van der Waals surface area contributed by atoms with E-state index in [-0.39, 0.29) is 18.4 Å². The molecule has 0 heterocycles. The van der Waals surface area contributed by atoms with Gasteiger partial charge in [-0.2, -0.15) is 0 Å². The van der Waals surface area contributed by atoms with Crippen molar-refractivity contribution in [1.29, 1.82) is 0 Å². The zero-order valence-electron chi connectivity index (χ0n) is 10.6. The molecule has 0 fully saturated rings. The van der Waals surface area contributed by atoms with Crippen molar-refractivity contribution in [2.45, 2.75) is 19.3 Å². The first-order valence-electron chi connectivity index (χ1n) is 6.12. The lowest BCUT2D eigenvalue weighted by atomic mass is 10.2. The number of carbonyl (C=O) groups is 2. The summed E-state index contributed by atoms with van der Waals surface area (Å²) in [5.41, 5.74) is 5.79. The molecular formula is C13H18BrN3O2. The van der Waals surface area contributed by atoms with E-state index in [1.54, 1.807) is 0 Å². The Bertz CT molecular complexity index is 438. The Morgan fingerprint density at radius 2 is 2.05 bits per heavy atom. The molecule has 5 nitrogen and oxygen atoms in total. The summed E-state index contributed by atoms with van der Waals surface area (Å²) in [5, 5.41) is 5.80. The molecule has 0 aliphatic rings. The van der Waals surface area contributed by atoms with Gasteiger partial charge in [0.1, 0.15) is 0 Å². The van der Waals surface area contributed by atoms with Crippen LogP contribution >= 0.6 is 15.9 Å². The Labute approximate surface area is 121 Å². The molecule has 4 N–H and O–H groups in total. The molecule has 0 bridgehead atoms. The predicted octanol–water partition coefficient (Wildman–Crippen LogP) is 1.63. The van der Waals surface area contributed by atoms with Crippen molar-refractivity contribution in [2.75, 3.05) is 18.4 Å². The summed E-state index contributed by atoms with van der Waals surface area (Å²) < 4.78 is 0.921. The summed E-state index contributed by atoms with van der Waals surface area (Å²) in [6, 6.07) is 7.42. The van der Waals surface area contributed by atoms with E-state index in [0.717, 1.165) is 23.0 Å². The molecule has 1 rings (SSSR count). The maximum atomic E-state index is 11.6. The van der Waals surface area contributed by atoms with Crippen LogP contribution in [-0.4, -0.2) is 24.9 Å². The normalized spacial score (nSPS) is 10.2. The van der Waals surface area contributed by atoms with Gasteiger partial charge in [0.2, 0.25) is 11.8 Å². The topological polar surface area (TPSA) is 84.2 Å². The Hall–Kier alpha value is -1.40. The molecule has 0 unspecified atom stereocenters. The SMILES string of the molecule is NC(=O)CCCCNCC(=O)Nc1cccc(Br)c1. The molecule has 1 aromatic carbocycles. The summed E-state index contributed by atoms with van der Waals surface area (Å²) >= 11 is 3.34. The molecule has 0 saturated heterocycles. The van der Waals surface area contributed by atoms with Crippen LogP contribution in [-0.2, 0) is 9.59 Å². The number of hydrogen-bond acceptors (Lipinski definition) is 3. The highest BCUT2D eigenvalue weighted by molar-refractivity contribution is 9.10. The first kappa shape index (κ1) is 15.7. The number of primary amides is 1. The number of anilines is 1. The third-order valence-corrected chi connectivity index (χ3v) is 2.91. The summed E-state index contributed by atoms with van der Waals surface area (Å²) in [5.74, 6) is -0.375. The van der Waals surface area contributed by atoms with Gasteiger partial charge in [-0.3, -0.25) is 9.59 Å². The molecule has 0 saturated carbocycles. The van der Waals surface area contributed by atoms with E-state index < -0.39 is 0 Å². The highest BCUT2D eigenvalue weighted by Gasteiger charge is 2.02. The number of hydrogen-bond donors (Lipinski definition) is 3. The highest BCUT2D eigenvalue weighted by Crippen LogP contribution is 2.15. The molecule has 6 heteroatoms. The molecule has 0 atom stereocenters. The van der Waals surface area contributed by atoms with E-state index in [1.807, 2.05) is 24.3 Å². The zero-order valence-corrected chi connectivity index (χ0v) is 12.2. The third kappa shape index (κ3) is 7.58. The summed E-state index contributed by atoms with van der Waals surface area (Å²) in [7, 11) is 0. The second-order valence-electron chi connectivity index (χ2n) is 4.16. The molecule has 0 spiro atoms. The van der Waals surface area contributed by atoms with Crippen molar-refractivity contribution in [2.24, 2.45) is 5.73 Å². The van der Waals surface area contributed by atoms with Crippen molar-refractivity contribution >= 4 is 33.4 Å². The molecule has 0 aromatic heterocycles. The van der Waals surface area contributed by atoms with Crippen LogP contribution < -0.4 is 16.4 Å². The highest BCUT2D eigenvalue weighted by atomic mass is 79.9. The average Bonchev–Trinajstić information content (AvgIpc) is 2.33. The number of halogens is 1. The van der Waals surface area contributed by atoms with Gasteiger partial charge in [-0.1, -0.05) is 22.0 Å². The van der Waals surface area contributed by atoms with Gasteiger partial charge in [-0.25, -0.2) is 0 Å². The van der Waals surface area contributed by atoms with Gasteiger partial charge < -0.3 is 16.4 Å². The Morgan fingerprint density at radius 1 is 1.26 bits per heavy atom. The number of amides is 2. The van der Waals surface area contributed by atoms with Crippen LogP contribution in [0.2, 0.25) is 0 Å². The van der Waals surface area contributed by atoms with Gasteiger partial charge in [0, 0.05) is 16.6 Å². The summed E-state index contributed by atoms with van der Waals surface area (Å²) in [6.07, 6.45) is 1.97. The van der Waals surface area contributed by atoms with E-state index in [2.05, 4.69) is 26.6 Å². The van der Waals surface area contributed by atoms with Crippen LogP contribution in [0.4, 0.5) is 5.69 Å². The fourth-order valence-corrected chi connectivity index (χ4v) is 1.92. The minimum absolute atomic E-state index is 0.0898. The minimum atomic E-state index is -0.285. The first-order chi connectivity index (χ1) is 9.08. The predicted molar refractivity (Wildman–Crippen MR) is 78.7 cm³/mol. The lowest BCUT2D eigenvalue weighted by Gasteiger charge is -2.06. The van der Waals surface area contributed by atoms with Crippen LogP contribution in [0.15, 0.2) is 28.7 Å². The van der Waals surface area contributed by atoms with Gasteiger partial charge in [-0.15, -0.1) is 0 Å². The number of nitrogens with one attached hydrogen (secondary N) is 2. The smallest absolute Gasteiger partial charge is 0.238 e. The average molecular weight is 328 g/mol. The number of unbranched alkanes of at least 4 members (excludes halogenated alkanes) is 1. The zero-order chi connectivity index (χ0) is 14.1. The summed E-state index contributed by atoms with van der Waals surface area (Å²) in [4.78, 5) is 22.1. The minimum Gasteiger partial charge on any atom is -0.370 e. The van der Waals surface area contributed by atoms with E-state index >= 15 is 0 Å². The van der Waals surface area contributed by atoms with Crippen molar-refractivity contribution in [1.82, 2.24) is 5.32 Å². The van der Waals surface area contributed by atoms with Crippen molar-refractivity contribution < 1.29 is 9.59 Å². The maximum absolute atomic E-state index is 11.6. The second kappa shape index (κ2) is 8.66. The van der Waals surface area contributed by atoms with Crippen LogP contribution in [0.25, 0.3) is 0 Å². The lowest BCUT2D eigenvalue weighted by Crippen LogP contribution is -2.28. The largest absolute Gasteiger partial charge is 0.370 e. The Kier molecular flexibility index (Phi) is 7.14. The van der Waals surface area contributed by atoms with Gasteiger partial charge in [0.25, 0.3) is 0 Å². The van der Waals surface area contributed by atoms with E-state index in [9.17, 15) is 9.59 Å². The molecule has 0 radical (unpaired) electrons. The van der Waals surface area contributed by atoms with Crippen molar-refractivity contribution in [3.63, 3.8) is 0 Å². The van der Waals surface area contributed by atoms with Crippen molar-refractivity contribution in [3.05, 3.63) is 28.7 Å². The van der Waals surface area contributed by atoms with Gasteiger partial charge >= 0.3 is 0 Å². The fourth-order valence-electron chi connectivity index (χ4n) is 1.52. The van der Waals surface area contributed by atoms with Crippen LogP contribution in [0.5, 0.6) is 0 Å². The van der Waals surface area contributed by atoms with Crippen LogP contribution in [0.1, 0.15) is 19.3 Å². The number of nitrogens with two attached hydrogens (primary N) is 1. The fraction of sp³-hybridized carbons (Fsp3) is 0.385. The molecule has 19 heavy (non-hydrogen) atoms. The third-order valence-electron chi connectivity index (χ3n) is 2.42. The molecular weight excluding hydrogens is 310 g/mol. The number of rotatable bonds is 8. The van der Waals surface area contributed by atoms with Crippen LogP contribution in [0, 0.1) is 0 Å². The molecule has 0 aliphatic heterocycles. The first-order valence-corrected chi connectivity index (χ1v) is 6.91. The second-order valence-corrected chi connectivity index (χ2v) is 5.07. The van der Waals surface area contributed by atoms with Gasteiger partial charge in [-0.05, 0) is 37.6 Å². The monoisotopic (exact) mass is 327 g/mol. The van der Waals surface area contributed by atoms with E-state index in [1.165, 1.54) is 0 Å². The van der Waals surface area contributed by atoms with Crippen molar-refractivity contribution in [3.8, 4) is 0 Å². The van der Waals surface area contributed by atoms with E-state index in [0.29, 0.717) is 13.0 Å². The van der Waals surface area contributed by atoms with E-state index in [4.69, 9.17) is 5.73 Å². The van der Waals surface area contributed by atoms with Crippen LogP contribution in [0.3, 0.4) is 0 Å². The van der Waals surface area contributed by atoms with Gasteiger partial charge in [0.05, 0.1) is 6.54 Å². The number of benzene rings is 1. The summed E-state index contributed by atoms with van der Waals surface area (Å²) in [6.45, 7) is 0.947. The Morgan fingerprint density at radius 3 is 2.74 bits per heavy atom. The quantitative estimate of drug-likeness (QED) is 0.634. The van der Waals surface area contributed by atoms with Gasteiger partial charge in [0.15, 0.2) is 0 Å². The maximum Gasteiger partial charge on any atom is 0.238 e. The number of carbonyl (C=O) groups excluding carboxylic acids is 2. The molecule has 0 aliphatic carbocycles. The molecule has 1 aromatic rings. The lowest BCUT2D eigenvalue weighted by molar-refractivity contribution is -0.118. The molecule has 2 amide bonds. The standard InChI is InChI=1S/C13H18BrN3O2/c14-10-4-3-5-11(8-10)17-13(19)9-16-7-2-1-6-12(15)18/h3-5,8,16H,1-2,6-7,9H2,(H2,15,18)(H,17,19). The molecule has 104 valence electrons.